The van der Waals surface area contributed by atoms with E-state index in [4.69, 9.17) is 21.3 Å². The number of rotatable bonds is 4. The van der Waals surface area contributed by atoms with Crippen LogP contribution < -0.4 is 15.2 Å². The Kier molecular flexibility index (Phi) is 6.22. The minimum Gasteiger partial charge on any atom is -0.484 e. The first-order valence-corrected chi connectivity index (χ1v) is 11.9. The van der Waals surface area contributed by atoms with Gasteiger partial charge in [0.05, 0.1) is 10.9 Å². The first kappa shape index (κ1) is 21.8. The maximum Gasteiger partial charge on any atom is 0.261 e. The number of hydrogen-bond donors (Lipinski definition) is 0. The van der Waals surface area contributed by atoms with Crippen molar-refractivity contribution in [3.05, 3.63) is 63.7 Å². The summed E-state index contributed by atoms with van der Waals surface area (Å²) in [5.74, 6) is 1.32. The van der Waals surface area contributed by atoms with Crippen molar-refractivity contribution in [2.45, 2.75) is 32.2 Å². The molecular weight excluding hydrogens is 440 g/mol. The van der Waals surface area contributed by atoms with Crippen LogP contribution in [-0.4, -0.2) is 53.1 Å². The molecule has 1 amide bonds. The third-order valence-corrected chi connectivity index (χ3v) is 6.69. The van der Waals surface area contributed by atoms with Gasteiger partial charge in [-0.3, -0.25) is 14.2 Å². The van der Waals surface area contributed by atoms with Crippen molar-refractivity contribution in [1.29, 1.82) is 0 Å². The lowest BCUT2D eigenvalue weighted by molar-refractivity contribution is -0.133. The quantitative estimate of drug-likeness (QED) is 0.588. The average molecular weight is 467 g/mol. The minimum absolute atomic E-state index is 0.0224. The Morgan fingerprint density at radius 1 is 1.00 bits per heavy atom. The van der Waals surface area contributed by atoms with E-state index in [1.54, 1.807) is 16.7 Å². The lowest BCUT2D eigenvalue weighted by Crippen LogP contribution is -2.50. The van der Waals surface area contributed by atoms with Crippen LogP contribution in [0, 0.1) is 0 Å². The summed E-state index contributed by atoms with van der Waals surface area (Å²) in [7, 11) is 0. The van der Waals surface area contributed by atoms with Gasteiger partial charge in [0, 0.05) is 49.9 Å². The van der Waals surface area contributed by atoms with E-state index in [9.17, 15) is 9.59 Å². The van der Waals surface area contributed by atoms with Gasteiger partial charge in [-0.1, -0.05) is 24.1 Å². The van der Waals surface area contributed by atoms with Crippen LogP contribution in [-0.2, 0) is 17.8 Å². The second-order valence-corrected chi connectivity index (χ2v) is 9.05. The first-order valence-electron chi connectivity index (χ1n) is 11.5. The second-order valence-electron chi connectivity index (χ2n) is 8.61. The van der Waals surface area contributed by atoms with Gasteiger partial charge in [-0.25, -0.2) is 4.98 Å². The monoisotopic (exact) mass is 466 g/mol. The highest BCUT2D eigenvalue weighted by Gasteiger charge is 2.22. The topological polar surface area (TPSA) is 67.7 Å². The van der Waals surface area contributed by atoms with Crippen molar-refractivity contribution in [3.8, 4) is 5.75 Å². The predicted octanol–water partition coefficient (Wildman–Crippen LogP) is 3.50. The minimum atomic E-state index is -0.0578. The molecule has 7 nitrogen and oxygen atoms in total. The molecule has 1 aromatic heterocycles. The van der Waals surface area contributed by atoms with Crippen molar-refractivity contribution < 1.29 is 9.53 Å². The molecule has 1 fully saturated rings. The number of halogens is 1. The van der Waals surface area contributed by atoms with E-state index < -0.39 is 0 Å². The van der Waals surface area contributed by atoms with Gasteiger partial charge >= 0.3 is 0 Å². The average Bonchev–Trinajstić information content (AvgIpc) is 3.09. The van der Waals surface area contributed by atoms with Crippen LogP contribution in [0.1, 0.15) is 25.1 Å². The molecule has 0 aliphatic carbocycles. The van der Waals surface area contributed by atoms with Crippen molar-refractivity contribution in [1.82, 2.24) is 14.5 Å². The van der Waals surface area contributed by atoms with Crippen LogP contribution in [0.3, 0.4) is 0 Å². The molecule has 2 aromatic carbocycles. The number of fused-ring (bicyclic) bond motifs is 2. The van der Waals surface area contributed by atoms with Crippen molar-refractivity contribution in [2.75, 3.05) is 37.7 Å². The highest BCUT2D eigenvalue weighted by Crippen LogP contribution is 2.22. The highest BCUT2D eigenvalue weighted by molar-refractivity contribution is 6.30. The molecule has 0 atom stereocenters. The molecule has 0 radical (unpaired) electrons. The molecule has 172 valence electrons. The maximum absolute atomic E-state index is 13.0. The van der Waals surface area contributed by atoms with Crippen LogP contribution in [0.4, 0.5) is 5.69 Å². The summed E-state index contributed by atoms with van der Waals surface area (Å²) in [5.41, 5.74) is 1.73. The summed E-state index contributed by atoms with van der Waals surface area (Å²) in [6.45, 7) is 3.41. The number of aryl methyl sites for hydroxylation is 1. The van der Waals surface area contributed by atoms with Gasteiger partial charge < -0.3 is 14.5 Å². The van der Waals surface area contributed by atoms with Gasteiger partial charge in [-0.2, -0.15) is 0 Å². The van der Waals surface area contributed by atoms with Gasteiger partial charge in [0.1, 0.15) is 11.6 Å². The van der Waals surface area contributed by atoms with Crippen molar-refractivity contribution in [3.63, 3.8) is 0 Å². The number of benzene rings is 2. The zero-order chi connectivity index (χ0) is 22.8. The van der Waals surface area contributed by atoms with E-state index in [2.05, 4.69) is 4.90 Å². The molecule has 0 spiro atoms. The Morgan fingerprint density at radius 2 is 1.85 bits per heavy atom. The number of amides is 1. The molecule has 5 rings (SSSR count). The van der Waals surface area contributed by atoms with Crippen LogP contribution in [0.15, 0.2) is 47.3 Å². The third-order valence-electron chi connectivity index (χ3n) is 6.45. The Hall–Kier alpha value is -3.06. The number of ether oxygens (including phenoxy) is 1. The molecule has 8 heteroatoms. The molecule has 0 unspecified atom stereocenters. The van der Waals surface area contributed by atoms with E-state index >= 15 is 0 Å². The van der Waals surface area contributed by atoms with Crippen LogP contribution in [0.5, 0.6) is 5.75 Å². The summed E-state index contributed by atoms with van der Waals surface area (Å²) < 4.78 is 7.58. The molecule has 3 heterocycles. The smallest absolute Gasteiger partial charge is 0.261 e. The Morgan fingerprint density at radius 3 is 2.67 bits per heavy atom. The zero-order valence-electron chi connectivity index (χ0n) is 18.5. The van der Waals surface area contributed by atoms with E-state index in [1.807, 2.05) is 35.2 Å². The SMILES string of the molecule is O=C(COc1ccc2nc3n(c(=O)c2c1)CCCCC3)N1CCN(c2cccc(Cl)c2)CC1. The largest absolute Gasteiger partial charge is 0.484 e. The molecule has 2 aliphatic heterocycles. The second kappa shape index (κ2) is 9.43. The molecule has 1 saturated heterocycles. The molecule has 33 heavy (non-hydrogen) atoms. The molecule has 3 aromatic rings. The van der Waals surface area contributed by atoms with Gasteiger partial charge in [0.15, 0.2) is 6.61 Å². The Balaban J connectivity index is 1.22. The molecule has 0 saturated carbocycles. The zero-order valence-corrected chi connectivity index (χ0v) is 19.3. The summed E-state index contributed by atoms with van der Waals surface area (Å²) in [5, 5.41) is 1.25. The third kappa shape index (κ3) is 4.69. The summed E-state index contributed by atoms with van der Waals surface area (Å²) in [6.07, 6.45) is 4.01. The molecule has 0 N–H and O–H groups in total. The highest BCUT2D eigenvalue weighted by atomic mass is 35.5. The first-order chi connectivity index (χ1) is 16.1. The van der Waals surface area contributed by atoms with E-state index in [0.717, 1.165) is 50.3 Å². The van der Waals surface area contributed by atoms with E-state index in [1.165, 1.54) is 0 Å². The molecular formula is C25H27ClN4O3. The van der Waals surface area contributed by atoms with Crippen molar-refractivity contribution in [2.24, 2.45) is 0 Å². The van der Waals surface area contributed by atoms with Crippen LogP contribution >= 0.6 is 11.6 Å². The number of carbonyl (C=O) groups excluding carboxylic acids is 1. The van der Waals surface area contributed by atoms with Gasteiger partial charge in [-0.15, -0.1) is 0 Å². The fraction of sp³-hybridized carbons (Fsp3) is 0.400. The lowest BCUT2D eigenvalue weighted by Gasteiger charge is -2.36. The summed E-state index contributed by atoms with van der Waals surface area (Å²) >= 11 is 6.10. The number of carbonyl (C=O) groups is 1. The fourth-order valence-electron chi connectivity index (χ4n) is 4.61. The van der Waals surface area contributed by atoms with Crippen LogP contribution in [0.2, 0.25) is 5.02 Å². The predicted molar refractivity (Wildman–Crippen MR) is 129 cm³/mol. The van der Waals surface area contributed by atoms with Gasteiger partial charge in [-0.05, 0) is 49.2 Å². The molecule has 2 aliphatic rings. The van der Waals surface area contributed by atoms with Gasteiger partial charge in [0.25, 0.3) is 11.5 Å². The number of anilines is 1. The number of nitrogens with zero attached hydrogens (tertiary/aromatic N) is 4. The molecule has 0 bridgehead atoms. The number of piperazine rings is 1. The normalized spacial score (nSPS) is 16.4. The summed E-state index contributed by atoms with van der Waals surface area (Å²) in [6, 6.07) is 13.1. The van der Waals surface area contributed by atoms with Crippen molar-refractivity contribution >= 4 is 34.1 Å². The van der Waals surface area contributed by atoms with E-state index in [-0.39, 0.29) is 18.1 Å². The summed E-state index contributed by atoms with van der Waals surface area (Å²) in [4.78, 5) is 34.5. The van der Waals surface area contributed by atoms with Crippen LogP contribution in [0.25, 0.3) is 10.9 Å². The number of aromatic nitrogens is 2. The Labute approximate surface area is 197 Å². The van der Waals surface area contributed by atoms with E-state index in [0.29, 0.717) is 41.3 Å². The van der Waals surface area contributed by atoms with Gasteiger partial charge in [0.2, 0.25) is 0 Å². The fourth-order valence-corrected chi connectivity index (χ4v) is 4.79. The number of hydrogen-bond acceptors (Lipinski definition) is 5. The lowest BCUT2D eigenvalue weighted by atomic mass is 10.2. The maximum atomic E-state index is 13.0. The Bertz CT molecular complexity index is 1230. The standard InChI is InChI=1S/C25H27ClN4O3/c26-18-5-4-6-19(15-18)28-11-13-29(14-12-28)24(31)17-33-20-8-9-22-21(16-20)25(32)30-10-3-1-2-7-23(30)27-22/h4-6,8-9,15-16H,1-3,7,10-14,17H2.